The smallest absolute Gasteiger partial charge is 0.295 e. The van der Waals surface area contributed by atoms with Crippen LogP contribution in [0.1, 0.15) is 116 Å². The first-order valence-electron chi connectivity index (χ1n) is 24.1. The van der Waals surface area contributed by atoms with Crippen LogP contribution >= 0.6 is 0 Å². The maximum atomic E-state index is 13.5. The minimum Gasteiger partial charge on any atom is -0.494 e. The summed E-state index contributed by atoms with van der Waals surface area (Å²) in [6, 6.07) is 6.43. The molecule has 0 atom stereocenters. The number of amides is 3. The quantitative estimate of drug-likeness (QED) is 0.0417. The van der Waals surface area contributed by atoms with Crippen LogP contribution in [-0.2, 0) is 39.0 Å². The van der Waals surface area contributed by atoms with E-state index < -0.39 is 17.7 Å². The Labute approximate surface area is 414 Å². The first-order valence-corrected chi connectivity index (χ1v) is 24.1. The van der Waals surface area contributed by atoms with Crippen LogP contribution in [0, 0.1) is 13.8 Å². The lowest BCUT2D eigenvalue weighted by Crippen LogP contribution is -2.36. The number of benzene rings is 2. The van der Waals surface area contributed by atoms with E-state index in [9.17, 15) is 19.2 Å². The number of primary amides is 2. The number of fused-ring (bicyclic) bond motifs is 3. The Hall–Kier alpha value is -7.92. The zero-order valence-corrected chi connectivity index (χ0v) is 41.4. The van der Waals surface area contributed by atoms with Gasteiger partial charge in [0.15, 0.2) is 23.8 Å². The predicted octanol–water partition coefficient (Wildman–Crippen LogP) is 4.70. The van der Waals surface area contributed by atoms with Crippen LogP contribution in [0.2, 0.25) is 0 Å². The van der Waals surface area contributed by atoms with Crippen molar-refractivity contribution < 1.29 is 37.5 Å². The molecule has 23 heteroatoms. The van der Waals surface area contributed by atoms with Crippen molar-refractivity contribution in [3.63, 3.8) is 0 Å². The molecule has 0 bridgehead atoms. The number of likely N-dealkylation sites (tertiary alicyclic amines) is 1. The van der Waals surface area contributed by atoms with Crippen molar-refractivity contribution in [2.24, 2.45) is 11.5 Å². The maximum Gasteiger partial charge on any atom is 0.295 e. The monoisotopic (exact) mass is 987 g/mol. The molecule has 72 heavy (non-hydrogen) atoms. The lowest BCUT2D eigenvalue weighted by Gasteiger charge is -2.32. The van der Waals surface area contributed by atoms with Gasteiger partial charge in [0.1, 0.15) is 34.2 Å². The first-order chi connectivity index (χ1) is 34.8. The molecule has 3 amide bonds. The molecule has 2 aliphatic heterocycles. The average molecular weight is 988 g/mol. The summed E-state index contributed by atoms with van der Waals surface area (Å²) in [4.78, 5) is 68.5. The normalized spacial score (nSPS) is 14.1. The number of aldehydes is 1. The second-order valence-electron chi connectivity index (χ2n) is 17.4. The molecule has 2 aromatic carbocycles. The second kappa shape index (κ2) is 22.4. The van der Waals surface area contributed by atoms with Crippen molar-refractivity contribution in [2.75, 3.05) is 57.6 Å². The van der Waals surface area contributed by atoms with Gasteiger partial charge < -0.3 is 59.0 Å². The van der Waals surface area contributed by atoms with Crippen LogP contribution in [0.3, 0.4) is 0 Å². The van der Waals surface area contributed by atoms with Crippen molar-refractivity contribution >= 4 is 58.0 Å². The van der Waals surface area contributed by atoms with E-state index in [0.29, 0.717) is 106 Å². The SMILES string of the molecule is CCc1nc(C)c(C(=O)Nc2nc3cc(C(N)=O)cc(OC)c3n2C/C=C/Cn2c(NC)nc3cc(C(N)=O)cc(OCCCN4CCC(c5nnc6n5CCNC6)CC4)c32)o1.CCc1nc(C)c(C=O)o1. The highest BCUT2D eigenvalue weighted by Gasteiger charge is 2.28. The largest absolute Gasteiger partial charge is 0.494 e. The molecule has 1 fully saturated rings. The maximum absolute atomic E-state index is 13.5. The Bertz CT molecular complexity index is 3130. The van der Waals surface area contributed by atoms with Crippen LogP contribution < -0.4 is 36.9 Å². The summed E-state index contributed by atoms with van der Waals surface area (Å²) in [5.74, 6) is 3.87. The van der Waals surface area contributed by atoms with Gasteiger partial charge in [0.25, 0.3) is 5.91 Å². The number of ether oxygens (including phenoxy) is 2. The number of piperidine rings is 1. The van der Waals surface area contributed by atoms with Gasteiger partial charge in [-0.1, -0.05) is 26.0 Å². The third kappa shape index (κ3) is 10.9. The molecule has 7 aromatic rings. The van der Waals surface area contributed by atoms with Crippen molar-refractivity contribution in [3.05, 3.63) is 93.9 Å². The third-order valence-electron chi connectivity index (χ3n) is 12.7. The number of oxazole rings is 2. The van der Waals surface area contributed by atoms with E-state index in [1.807, 2.05) is 30.6 Å². The molecular formula is C49H61N15O8. The number of methoxy groups -OCH3 is 1. The Morgan fingerprint density at radius 1 is 0.833 bits per heavy atom. The fourth-order valence-electron chi connectivity index (χ4n) is 9.01. The Balaban J connectivity index is 0.000000620. The lowest BCUT2D eigenvalue weighted by atomic mass is 9.95. The molecular weight excluding hydrogens is 927 g/mol. The summed E-state index contributed by atoms with van der Waals surface area (Å²) < 4.78 is 28.9. The number of hydrogen-bond acceptors (Lipinski definition) is 17. The number of allylic oxidation sites excluding steroid dienone is 2. The molecule has 0 aliphatic carbocycles. The van der Waals surface area contributed by atoms with E-state index in [4.69, 9.17) is 34.8 Å². The van der Waals surface area contributed by atoms with Gasteiger partial charge in [-0.25, -0.2) is 19.9 Å². The number of nitrogens with zero attached hydrogens (tertiary/aromatic N) is 10. The number of rotatable bonds is 19. The molecule has 5 aromatic heterocycles. The average Bonchev–Trinajstić information content (AvgIpc) is 4.23. The second-order valence-corrected chi connectivity index (χ2v) is 17.4. The summed E-state index contributed by atoms with van der Waals surface area (Å²) in [5.41, 5.74) is 15.2. The lowest BCUT2D eigenvalue weighted by molar-refractivity contribution is 0.0987. The Morgan fingerprint density at radius 3 is 2.06 bits per heavy atom. The van der Waals surface area contributed by atoms with Gasteiger partial charge in [-0.2, -0.15) is 0 Å². The minimum atomic E-state index is -0.648. The van der Waals surface area contributed by atoms with Gasteiger partial charge in [0.05, 0.1) is 42.7 Å². The highest BCUT2D eigenvalue weighted by Crippen LogP contribution is 2.34. The molecule has 9 rings (SSSR count). The third-order valence-corrected chi connectivity index (χ3v) is 12.7. The summed E-state index contributed by atoms with van der Waals surface area (Å²) >= 11 is 0. The van der Waals surface area contributed by atoms with Crippen LogP contribution in [0.15, 0.2) is 45.3 Å². The van der Waals surface area contributed by atoms with E-state index in [-0.39, 0.29) is 23.8 Å². The zero-order chi connectivity index (χ0) is 51.1. The minimum absolute atomic E-state index is 0.0740. The summed E-state index contributed by atoms with van der Waals surface area (Å²) in [7, 11) is 3.25. The van der Waals surface area contributed by atoms with Gasteiger partial charge in [-0.3, -0.25) is 24.5 Å². The fraction of sp³-hybridized carbons (Fsp3) is 0.429. The Morgan fingerprint density at radius 2 is 1.46 bits per heavy atom. The summed E-state index contributed by atoms with van der Waals surface area (Å²) in [6.45, 7) is 13.7. The number of hydrogen-bond donors (Lipinski definition) is 5. The molecule has 0 radical (unpaired) electrons. The van der Waals surface area contributed by atoms with Gasteiger partial charge in [-0.05, 0) is 70.5 Å². The van der Waals surface area contributed by atoms with Crippen LogP contribution in [0.4, 0.5) is 11.9 Å². The molecule has 380 valence electrons. The molecule has 0 unspecified atom stereocenters. The molecule has 0 spiro atoms. The van der Waals surface area contributed by atoms with E-state index in [1.54, 1.807) is 43.7 Å². The topological polar surface area (TPSA) is 297 Å². The van der Waals surface area contributed by atoms with E-state index in [2.05, 4.69) is 50.6 Å². The number of carbonyl (C=O) groups is 4. The Kier molecular flexibility index (Phi) is 15.7. The highest BCUT2D eigenvalue weighted by atomic mass is 16.5. The number of carbonyl (C=O) groups excluding carboxylic acids is 4. The summed E-state index contributed by atoms with van der Waals surface area (Å²) in [5, 5.41) is 18.3. The zero-order valence-electron chi connectivity index (χ0n) is 41.4. The molecule has 7 N–H and O–H groups in total. The molecule has 0 saturated carbocycles. The van der Waals surface area contributed by atoms with Crippen molar-refractivity contribution in [3.8, 4) is 11.5 Å². The van der Waals surface area contributed by atoms with Gasteiger partial charge in [-0.15, -0.1) is 10.2 Å². The van der Waals surface area contributed by atoms with Crippen LogP contribution in [0.5, 0.6) is 11.5 Å². The van der Waals surface area contributed by atoms with Crippen LogP contribution in [0.25, 0.3) is 22.1 Å². The number of nitrogens with two attached hydrogens (primary N) is 2. The molecule has 23 nitrogen and oxygen atoms in total. The van der Waals surface area contributed by atoms with Crippen molar-refractivity contribution in [1.29, 1.82) is 0 Å². The van der Waals surface area contributed by atoms with Gasteiger partial charge >= 0.3 is 0 Å². The van der Waals surface area contributed by atoms with E-state index >= 15 is 0 Å². The van der Waals surface area contributed by atoms with Crippen molar-refractivity contribution in [2.45, 2.75) is 91.9 Å². The number of imidazole rings is 2. The predicted molar refractivity (Wildman–Crippen MR) is 267 cm³/mol. The number of anilines is 2. The molecule has 7 heterocycles. The standard InChI is InChI=1S/C42H52N14O6.C7H9NO2/c1-5-33-47-24(2)36(62-33)40(59)50-42-49-28-19-26(37(43)57)21-30(60-4)34(28)56(42)14-7-6-13-55-35-29(48-41(55)45-3)20-27(38(44)58)22-31(35)61-18-8-12-53-15-9-25(10-16-53)39-52-51-32-23-46-11-17-54(32)39;1-3-7-8-5(2)6(4-9)10-7/h6-7,19-22,25,46H,5,8-18,23H2,1-4H3,(H2,43,57)(H2,44,58)(H,45,48)(H,49,50,59);4H,3H2,1-2H3/b7-6+;. The van der Waals surface area contributed by atoms with Crippen LogP contribution in [-0.4, -0.2) is 120 Å². The van der Waals surface area contributed by atoms with E-state index in [0.717, 1.165) is 76.6 Å². The molecule has 2 aliphatic rings. The van der Waals surface area contributed by atoms with Gasteiger partial charge in [0.2, 0.25) is 29.5 Å². The fourth-order valence-corrected chi connectivity index (χ4v) is 9.01. The number of nitrogens with one attached hydrogen (secondary N) is 3. The highest BCUT2D eigenvalue weighted by molar-refractivity contribution is 6.04. The van der Waals surface area contributed by atoms with E-state index in [1.165, 1.54) is 13.2 Å². The van der Waals surface area contributed by atoms with Crippen molar-refractivity contribution in [1.82, 2.24) is 54.1 Å². The number of aryl methyl sites for hydroxylation is 4. The number of aromatic nitrogens is 9. The molecule has 1 saturated heterocycles. The summed E-state index contributed by atoms with van der Waals surface area (Å²) in [6.07, 6.45) is 8.64. The first kappa shape index (κ1) is 50.5. The van der Waals surface area contributed by atoms with Gasteiger partial charge in [0, 0.05) is 69.7 Å².